The molecule has 1 fully saturated rings. The lowest BCUT2D eigenvalue weighted by Gasteiger charge is -2.12. The van der Waals surface area contributed by atoms with Crippen LogP contribution in [0.25, 0.3) is 6.08 Å². The van der Waals surface area contributed by atoms with E-state index in [1.165, 1.54) is 0 Å². The second-order valence-corrected chi connectivity index (χ2v) is 3.62. The molecular formula is C12H12F2O. The van der Waals surface area contributed by atoms with E-state index < -0.39 is 6.61 Å². The van der Waals surface area contributed by atoms with Gasteiger partial charge >= 0.3 is 6.61 Å². The van der Waals surface area contributed by atoms with Gasteiger partial charge in [0.25, 0.3) is 0 Å². The molecule has 0 aromatic heterocycles. The minimum absolute atomic E-state index is 0.296. The molecule has 2 rings (SSSR count). The molecule has 0 radical (unpaired) electrons. The Bertz CT molecular complexity index is 370. The van der Waals surface area contributed by atoms with Gasteiger partial charge in [0.05, 0.1) is 0 Å². The summed E-state index contributed by atoms with van der Waals surface area (Å²) in [6.07, 6.45) is 3.78. The maximum absolute atomic E-state index is 12.2. The molecule has 0 atom stereocenters. The first kappa shape index (κ1) is 10.1. The Kier molecular flexibility index (Phi) is 2.71. The highest BCUT2D eigenvalue weighted by molar-refractivity contribution is 5.59. The van der Waals surface area contributed by atoms with Crippen molar-refractivity contribution < 1.29 is 13.5 Å². The fraction of sp³-hybridized carbons (Fsp3) is 0.333. The van der Waals surface area contributed by atoms with Crippen molar-refractivity contribution >= 4 is 6.08 Å². The molecule has 0 spiro atoms. The predicted octanol–water partition coefficient (Wildman–Crippen LogP) is 3.81. The van der Waals surface area contributed by atoms with Crippen LogP contribution in [0.4, 0.5) is 8.78 Å². The second-order valence-electron chi connectivity index (χ2n) is 3.62. The van der Waals surface area contributed by atoms with E-state index in [1.54, 1.807) is 18.2 Å². The number of hydrogen-bond donors (Lipinski definition) is 0. The first-order valence-electron chi connectivity index (χ1n) is 4.92. The highest BCUT2D eigenvalue weighted by Gasteiger charge is 2.29. The van der Waals surface area contributed by atoms with Crippen molar-refractivity contribution in [2.24, 2.45) is 0 Å². The zero-order chi connectivity index (χ0) is 10.8. The number of rotatable bonds is 4. The topological polar surface area (TPSA) is 9.23 Å². The van der Waals surface area contributed by atoms with Gasteiger partial charge < -0.3 is 4.74 Å². The lowest BCUT2D eigenvalue weighted by atomic mass is 10.0. The Morgan fingerprint density at radius 3 is 2.67 bits per heavy atom. The van der Waals surface area contributed by atoms with E-state index in [4.69, 9.17) is 0 Å². The van der Waals surface area contributed by atoms with Crippen LogP contribution in [-0.4, -0.2) is 6.61 Å². The molecule has 1 aliphatic carbocycles. The molecule has 80 valence electrons. The summed E-state index contributed by atoms with van der Waals surface area (Å²) >= 11 is 0. The molecule has 0 bridgehead atoms. The average Bonchev–Trinajstić information content (AvgIpc) is 3.00. The smallest absolute Gasteiger partial charge is 0.387 e. The summed E-state index contributed by atoms with van der Waals surface area (Å²) in [5.74, 6) is 0.665. The van der Waals surface area contributed by atoms with E-state index in [0.29, 0.717) is 11.7 Å². The summed E-state index contributed by atoms with van der Waals surface area (Å²) in [4.78, 5) is 0. The minimum Gasteiger partial charge on any atom is -0.435 e. The van der Waals surface area contributed by atoms with Crippen LogP contribution in [-0.2, 0) is 0 Å². The Morgan fingerprint density at radius 1 is 1.40 bits per heavy atom. The molecule has 0 heterocycles. The van der Waals surface area contributed by atoms with Gasteiger partial charge in [-0.05, 0) is 30.4 Å². The molecule has 0 unspecified atom stereocenters. The lowest BCUT2D eigenvalue weighted by molar-refractivity contribution is -0.0504. The molecule has 0 aliphatic heterocycles. The Balaban J connectivity index is 2.38. The Labute approximate surface area is 87.4 Å². The summed E-state index contributed by atoms with van der Waals surface area (Å²) in [6.45, 7) is 0.917. The SMILES string of the molecule is C=Cc1cccc(OC(F)F)c1C1CC1. The normalized spacial score (nSPS) is 15.4. The standard InChI is InChI=1S/C12H12F2O/c1-2-8-4-3-5-10(15-12(13)14)11(8)9-6-7-9/h2-5,9,12H,1,6-7H2. The maximum Gasteiger partial charge on any atom is 0.387 e. The van der Waals surface area contributed by atoms with Gasteiger partial charge in [-0.15, -0.1) is 0 Å². The van der Waals surface area contributed by atoms with Crippen molar-refractivity contribution in [2.75, 3.05) is 0 Å². The van der Waals surface area contributed by atoms with E-state index in [9.17, 15) is 8.78 Å². The van der Waals surface area contributed by atoms with E-state index in [0.717, 1.165) is 24.0 Å². The van der Waals surface area contributed by atoms with Crippen LogP contribution in [0.1, 0.15) is 29.9 Å². The molecule has 0 N–H and O–H groups in total. The number of hydrogen-bond acceptors (Lipinski definition) is 1. The van der Waals surface area contributed by atoms with E-state index in [1.807, 2.05) is 6.07 Å². The largest absolute Gasteiger partial charge is 0.435 e. The summed E-state index contributed by atoms with van der Waals surface area (Å²) < 4.78 is 28.9. The van der Waals surface area contributed by atoms with Crippen LogP contribution in [0.5, 0.6) is 5.75 Å². The van der Waals surface area contributed by atoms with Gasteiger partial charge in [0.2, 0.25) is 0 Å². The van der Waals surface area contributed by atoms with Crippen LogP contribution in [0.15, 0.2) is 24.8 Å². The summed E-state index contributed by atoms with van der Waals surface area (Å²) in [5, 5.41) is 0. The van der Waals surface area contributed by atoms with Gasteiger partial charge in [0.15, 0.2) is 0 Å². The predicted molar refractivity (Wildman–Crippen MR) is 55.1 cm³/mol. The number of benzene rings is 1. The summed E-state index contributed by atoms with van der Waals surface area (Å²) in [5.41, 5.74) is 1.78. The third-order valence-corrected chi connectivity index (χ3v) is 2.52. The molecule has 15 heavy (non-hydrogen) atoms. The van der Waals surface area contributed by atoms with Crippen LogP contribution in [0, 0.1) is 0 Å². The lowest BCUT2D eigenvalue weighted by Crippen LogP contribution is -2.04. The summed E-state index contributed by atoms with van der Waals surface area (Å²) in [7, 11) is 0. The van der Waals surface area contributed by atoms with Crippen molar-refractivity contribution in [1.29, 1.82) is 0 Å². The van der Waals surface area contributed by atoms with Crippen LogP contribution >= 0.6 is 0 Å². The van der Waals surface area contributed by atoms with Gasteiger partial charge in [-0.2, -0.15) is 8.78 Å². The van der Waals surface area contributed by atoms with E-state index in [-0.39, 0.29) is 0 Å². The van der Waals surface area contributed by atoms with Crippen molar-refractivity contribution in [3.05, 3.63) is 35.9 Å². The molecule has 0 amide bonds. The zero-order valence-electron chi connectivity index (χ0n) is 8.25. The zero-order valence-corrected chi connectivity index (χ0v) is 8.25. The molecule has 1 aromatic rings. The average molecular weight is 210 g/mol. The number of alkyl halides is 2. The first-order chi connectivity index (χ1) is 7.22. The molecule has 0 saturated heterocycles. The van der Waals surface area contributed by atoms with Crippen molar-refractivity contribution in [1.82, 2.24) is 0 Å². The Hall–Kier alpha value is -1.38. The third kappa shape index (κ3) is 2.17. The van der Waals surface area contributed by atoms with Crippen molar-refractivity contribution in [3.63, 3.8) is 0 Å². The van der Waals surface area contributed by atoms with Gasteiger partial charge in [0.1, 0.15) is 5.75 Å². The highest BCUT2D eigenvalue weighted by Crippen LogP contribution is 2.46. The molecule has 1 nitrogen and oxygen atoms in total. The summed E-state index contributed by atoms with van der Waals surface area (Å²) in [6, 6.07) is 5.17. The third-order valence-electron chi connectivity index (χ3n) is 2.52. The van der Waals surface area contributed by atoms with Gasteiger partial charge in [0, 0.05) is 5.56 Å². The fourth-order valence-electron chi connectivity index (χ4n) is 1.75. The van der Waals surface area contributed by atoms with E-state index in [2.05, 4.69) is 11.3 Å². The van der Waals surface area contributed by atoms with Crippen LogP contribution in [0.2, 0.25) is 0 Å². The molecular weight excluding hydrogens is 198 g/mol. The molecule has 3 heteroatoms. The first-order valence-corrected chi connectivity index (χ1v) is 4.92. The van der Waals surface area contributed by atoms with E-state index >= 15 is 0 Å². The number of halogens is 2. The van der Waals surface area contributed by atoms with Gasteiger partial charge in [-0.3, -0.25) is 0 Å². The van der Waals surface area contributed by atoms with Crippen LogP contribution < -0.4 is 4.74 Å². The van der Waals surface area contributed by atoms with Crippen LogP contribution in [0.3, 0.4) is 0 Å². The second kappa shape index (κ2) is 4.01. The maximum atomic E-state index is 12.2. The quantitative estimate of drug-likeness (QED) is 0.734. The minimum atomic E-state index is -2.76. The van der Waals surface area contributed by atoms with Crippen molar-refractivity contribution in [2.45, 2.75) is 25.4 Å². The number of ether oxygens (including phenoxy) is 1. The molecule has 1 aromatic carbocycles. The highest BCUT2D eigenvalue weighted by atomic mass is 19.3. The monoisotopic (exact) mass is 210 g/mol. The van der Waals surface area contributed by atoms with Gasteiger partial charge in [-0.1, -0.05) is 24.8 Å². The molecule has 1 aliphatic rings. The van der Waals surface area contributed by atoms with Gasteiger partial charge in [-0.25, -0.2) is 0 Å². The van der Waals surface area contributed by atoms with Crippen molar-refractivity contribution in [3.8, 4) is 5.75 Å². The fourth-order valence-corrected chi connectivity index (χ4v) is 1.75. The Morgan fingerprint density at radius 2 is 2.13 bits per heavy atom. The molecule has 1 saturated carbocycles.